The third kappa shape index (κ3) is 2.06. The van der Waals surface area contributed by atoms with Gasteiger partial charge in [0.2, 0.25) is 0 Å². The van der Waals surface area contributed by atoms with E-state index >= 15 is 0 Å². The Morgan fingerprint density at radius 2 is 1.56 bits per heavy atom. The lowest BCUT2D eigenvalue weighted by Gasteiger charge is -2.08. The van der Waals surface area contributed by atoms with Crippen molar-refractivity contribution in [3.63, 3.8) is 0 Å². The van der Waals surface area contributed by atoms with E-state index in [0.717, 1.165) is 11.1 Å². The largest absolute Gasteiger partial charge is 0.246 e. The van der Waals surface area contributed by atoms with Crippen LogP contribution in [0.15, 0.2) is 42.5 Å². The fourth-order valence-electron chi connectivity index (χ4n) is 1.57. The molecule has 16 heavy (non-hydrogen) atoms. The first-order valence-corrected chi connectivity index (χ1v) is 5.58. The van der Waals surface area contributed by atoms with E-state index in [9.17, 15) is 4.39 Å². The van der Waals surface area contributed by atoms with Crippen molar-refractivity contribution in [2.24, 2.45) is 0 Å². The van der Waals surface area contributed by atoms with Crippen LogP contribution < -0.4 is 0 Å². The molecule has 0 amide bonds. The first-order valence-electron chi connectivity index (χ1n) is 4.82. The average molecular weight is 255 g/mol. The minimum absolute atomic E-state index is 0.429. The summed E-state index contributed by atoms with van der Waals surface area (Å²) in [6.07, 6.45) is 0. The van der Waals surface area contributed by atoms with E-state index in [1.807, 2.05) is 24.3 Å². The summed E-state index contributed by atoms with van der Waals surface area (Å²) >= 11 is 12.2. The molecule has 0 fully saturated rings. The number of hydrogen-bond donors (Lipinski definition) is 0. The molecule has 0 aliphatic rings. The van der Waals surface area contributed by atoms with Gasteiger partial charge in [0, 0.05) is 21.7 Å². The zero-order chi connectivity index (χ0) is 11.5. The molecule has 0 nitrogen and oxygen atoms in total. The van der Waals surface area contributed by atoms with Crippen molar-refractivity contribution >= 4 is 23.2 Å². The quantitative estimate of drug-likeness (QED) is 0.697. The Labute approximate surface area is 104 Å². The van der Waals surface area contributed by atoms with Crippen molar-refractivity contribution in [2.45, 2.75) is 6.67 Å². The number of alkyl halides is 1. The van der Waals surface area contributed by atoms with Gasteiger partial charge in [0.15, 0.2) is 0 Å². The van der Waals surface area contributed by atoms with Gasteiger partial charge in [0.05, 0.1) is 5.02 Å². The van der Waals surface area contributed by atoms with Crippen molar-refractivity contribution in [3.8, 4) is 11.1 Å². The summed E-state index contributed by atoms with van der Waals surface area (Å²) in [5.74, 6) is 0. The summed E-state index contributed by atoms with van der Waals surface area (Å²) in [4.78, 5) is 0. The lowest BCUT2D eigenvalue weighted by Crippen LogP contribution is -1.86. The van der Waals surface area contributed by atoms with Crippen LogP contribution in [0.2, 0.25) is 10.0 Å². The van der Waals surface area contributed by atoms with E-state index in [1.54, 1.807) is 18.2 Å². The van der Waals surface area contributed by atoms with Crippen LogP contribution in [0, 0.1) is 0 Å². The highest BCUT2D eigenvalue weighted by atomic mass is 35.5. The molecule has 0 heterocycles. The summed E-state index contributed by atoms with van der Waals surface area (Å²) < 4.78 is 12.7. The van der Waals surface area contributed by atoms with E-state index < -0.39 is 6.67 Å². The normalized spacial score (nSPS) is 10.4. The lowest BCUT2D eigenvalue weighted by molar-refractivity contribution is 0.485. The molecule has 2 aromatic rings. The summed E-state index contributed by atoms with van der Waals surface area (Å²) in [5, 5.41) is 1.04. The third-order valence-corrected chi connectivity index (χ3v) is 3.16. The second-order valence-corrected chi connectivity index (χ2v) is 4.18. The van der Waals surface area contributed by atoms with Crippen LogP contribution >= 0.6 is 23.2 Å². The maximum absolute atomic E-state index is 12.7. The zero-order valence-corrected chi connectivity index (χ0v) is 9.89. The Kier molecular flexibility index (Phi) is 3.47. The van der Waals surface area contributed by atoms with Gasteiger partial charge in [-0.25, -0.2) is 4.39 Å². The van der Waals surface area contributed by atoms with Crippen molar-refractivity contribution in [3.05, 3.63) is 58.1 Å². The fraction of sp³-hybridized carbons (Fsp3) is 0.0769. The number of halogens is 3. The van der Waals surface area contributed by atoms with Crippen molar-refractivity contribution in [1.29, 1.82) is 0 Å². The van der Waals surface area contributed by atoms with Gasteiger partial charge < -0.3 is 0 Å². The molecular formula is C13H9Cl2F. The predicted molar refractivity (Wildman–Crippen MR) is 66.7 cm³/mol. The fourth-order valence-corrected chi connectivity index (χ4v) is 2.09. The monoisotopic (exact) mass is 254 g/mol. The second-order valence-electron chi connectivity index (χ2n) is 3.39. The molecule has 0 unspecified atom stereocenters. The van der Waals surface area contributed by atoms with Gasteiger partial charge in [-0.1, -0.05) is 59.6 Å². The highest BCUT2D eigenvalue weighted by Gasteiger charge is 2.09. The molecule has 0 atom stereocenters. The Bertz CT molecular complexity index is 509. The van der Waals surface area contributed by atoms with Crippen LogP contribution in [0.4, 0.5) is 4.39 Å². The predicted octanol–water partition coefficient (Wildman–Crippen LogP) is 5.13. The second kappa shape index (κ2) is 4.86. The summed E-state index contributed by atoms with van der Waals surface area (Å²) in [7, 11) is 0. The highest BCUT2D eigenvalue weighted by molar-refractivity contribution is 6.36. The van der Waals surface area contributed by atoms with E-state index in [4.69, 9.17) is 23.2 Å². The summed E-state index contributed by atoms with van der Waals surface area (Å²) in [5.41, 5.74) is 2.07. The molecule has 2 rings (SSSR count). The first-order chi connectivity index (χ1) is 7.74. The van der Waals surface area contributed by atoms with Crippen LogP contribution in [0.3, 0.4) is 0 Å². The topological polar surface area (TPSA) is 0 Å². The molecular weight excluding hydrogens is 246 g/mol. The Balaban J connectivity index is 2.61. The highest BCUT2D eigenvalue weighted by Crippen LogP contribution is 2.35. The minimum Gasteiger partial charge on any atom is -0.246 e. The van der Waals surface area contributed by atoms with E-state index in [0.29, 0.717) is 15.6 Å². The lowest BCUT2D eigenvalue weighted by atomic mass is 10.0. The smallest absolute Gasteiger partial charge is 0.116 e. The Morgan fingerprint density at radius 1 is 0.875 bits per heavy atom. The molecule has 3 heteroatoms. The molecule has 2 aromatic carbocycles. The van der Waals surface area contributed by atoms with E-state index in [2.05, 4.69) is 0 Å². The zero-order valence-electron chi connectivity index (χ0n) is 8.38. The number of benzene rings is 2. The van der Waals surface area contributed by atoms with E-state index in [1.165, 1.54) is 0 Å². The van der Waals surface area contributed by atoms with Crippen LogP contribution in [0.25, 0.3) is 11.1 Å². The Morgan fingerprint density at radius 3 is 2.25 bits per heavy atom. The number of hydrogen-bond acceptors (Lipinski definition) is 0. The van der Waals surface area contributed by atoms with Crippen LogP contribution in [0.5, 0.6) is 0 Å². The molecule has 0 aliphatic carbocycles. The van der Waals surface area contributed by atoms with Gasteiger partial charge >= 0.3 is 0 Å². The van der Waals surface area contributed by atoms with Crippen molar-refractivity contribution in [2.75, 3.05) is 0 Å². The molecule has 82 valence electrons. The maximum atomic E-state index is 12.7. The Hall–Kier alpha value is -1.05. The average Bonchev–Trinajstić information content (AvgIpc) is 2.31. The van der Waals surface area contributed by atoms with Gasteiger partial charge in [0.1, 0.15) is 6.67 Å². The SMILES string of the molecule is FCc1cccc(-c2ccccc2Cl)c1Cl. The molecule has 0 saturated heterocycles. The van der Waals surface area contributed by atoms with E-state index in [-0.39, 0.29) is 0 Å². The third-order valence-electron chi connectivity index (χ3n) is 2.39. The van der Waals surface area contributed by atoms with Gasteiger partial charge in [-0.2, -0.15) is 0 Å². The molecule has 0 spiro atoms. The first kappa shape index (κ1) is 11.4. The summed E-state index contributed by atoms with van der Waals surface area (Å²) in [6, 6.07) is 12.7. The van der Waals surface area contributed by atoms with Crippen LogP contribution in [0.1, 0.15) is 5.56 Å². The number of rotatable bonds is 2. The van der Waals surface area contributed by atoms with Crippen molar-refractivity contribution in [1.82, 2.24) is 0 Å². The van der Waals surface area contributed by atoms with Gasteiger partial charge in [0.25, 0.3) is 0 Å². The minimum atomic E-state index is -0.572. The van der Waals surface area contributed by atoms with Gasteiger partial charge in [-0.15, -0.1) is 0 Å². The van der Waals surface area contributed by atoms with Crippen LogP contribution in [-0.2, 0) is 6.67 Å². The summed E-state index contributed by atoms with van der Waals surface area (Å²) in [6.45, 7) is -0.572. The molecule has 0 radical (unpaired) electrons. The molecule has 0 bridgehead atoms. The van der Waals surface area contributed by atoms with Gasteiger partial charge in [-0.05, 0) is 6.07 Å². The molecule has 0 aliphatic heterocycles. The standard InChI is InChI=1S/C13H9Cl2F/c14-12-7-2-1-5-10(12)11-6-3-4-9(8-16)13(11)15/h1-7H,8H2. The molecule has 0 aromatic heterocycles. The maximum Gasteiger partial charge on any atom is 0.116 e. The van der Waals surface area contributed by atoms with Crippen LogP contribution in [-0.4, -0.2) is 0 Å². The van der Waals surface area contributed by atoms with Crippen molar-refractivity contribution < 1.29 is 4.39 Å². The molecule has 0 saturated carbocycles. The molecule has 0 N–H and O–H groups in total. The van der Waals surface area contributed by atoms with Gasteiger partial charge in [-0.3, -0.25) is 0 Å².